The second kappa shape index (κ2) is 11.7. The van der Waals surface area contributed by atoms with Gasteiger partial charge in [0.05, 0.1) is 5.69 Å². The first-order valence-corrected chi connectivity index (χ1v) is 12.9. The molecule has 0 aliphatic carbocycles. The van der Waals surface area contributed by atoms with Crippen molar-refractivity contribution in [1.82, 2.24) is 10.3 Å². The number of nitrogens with zero attached hydrogens (tertiary/aromatic N) is 2. The smallest absolute Gasteiger partial charge is 0.324 e. The van der Waals surface area contributed by atoms with Crippen LogP contribution in [0.5, 0.6) is 17.2 Å². The normalized spacial score (nSPS) is 17.8. The van der Waals surface area contributed by atoms with Crippen molar-refractivity contribution in [2.45, 2.75) is 24.6 Å². The van der Waals surface area contributed by atoms with Gasteiger partial charge in [-0.2, -0.15) is 0 Å². The highest BCUT2D eigenvalue weighted by molar-refractivity contribution is 6.03. The lowest BCUT2D eigenvalue weighted by Crippen LogP contribution is -2.53. The summed E-state index contributed by atoms with van der Waals surface area (Å²) in [5, 5.41) is 2.71. The molecular weight excluding hydrogens is 528 g/mol. The number of para-hydroxylation sites is 1. The first-order chi connectivity index (χ1) is 19.7. The number of benzene rings is 2. The fourth-order valence-electron chi connectivity index (χ4n) is 4.05. The molecule has 41 heavy (non-hydrogen) atoms. The van der Waals surface area contributed by atoms with Gasteiger partial charge in [0.2, 0.25) is 5.60 Å². The lowest BCUT2D eigenvalue weighted by Gasteiger charge is -2.36. The zero-order valence-corrected chi connectivity index (χ0v) is 22.5. The lowest BCUT2D eigenvalue weighted by molar-refractivity contribution is -0.193. The number of anilines is 1. The predicted molar refractivity (Wildman–Crippen MR) is 148 cm³/mol. The number of nitrogens with one attached hydrogen (secondary N) is 1. The molecule has 3 N–H and O–H groups in total. The van der Waals surface area contributed by atoms with E-state index in [4.69, 9.17) is 24.7 Å². The summed E-state index contributed by atoms with van der Waals surface area (Å²) < 4.78 is 22.3. The number of hydrogen-bond acceptors (Lipinski definition) is 9. The van der Waals surface area contributed by atoms with Gasteiger partial charge in [-0.25, -0.2) is 0 Å². The maximum absolute atomic E-state index is 13.3. The standard InChI is InChI=1S/C30H28N4O7/c1-19(31)29(37)41-30(17-38-18-30)12-10-20-8-9-26-25(14-20)34(2)28(36)24(16-39-26)33-27(35)23-15-22(11-13-32-23)40-21-6-4-3-5-7-21/h3-9,11,13-15,19,24H,16-18,31H2,1-2H3,(H,33,35)/t19-,24?/m0/s1. The van der Waals surface area contributed by atoms with E-state index in [2.05, 4.69) is 22.1 Å². The number of pyridine rings is 1. The summed E-state index contributed by atoms with van der Waals surface area (Å²) in [4.78, 5) is 43.8. The molecule has 3 heterocycles. The number of amides is 2. The number of nitrogens with two attached hydrogens (primary N) is 1. The van der Waals surface area contributed by atoms with E-state index in [1.807, 2.05) is 18.2 Å². The van der Waals surface area contributed by atoms with Crippen molar-refractivity contribution < 1.29 is 33.3 Å². The Morgan fingerprint density at radius 2 is 1.93 bits per heavy atom. The second-order valence-corrected chi connectivity index (χ2v) is 9.66. The fourth-order valence-corrected chi connectivity index (χ4v) is 4.05. The lowest BCUT2D eigenvalue weighted by atomic mass is 10.0. The molecule has 2 aliphatic heterocycles. The SMILES string of the molecule is C[C@H](N)C(=O)OC1(C#Cc2ccc3c(c2)N(C)C(=O)C(NC(=O)c2cc(Oc4ccccc4)ccn2)CO3)COC1. The average Bonchev–Trinajstić information content (AvgIpc) is 3.06. The van der Waals surface area contributed by atoms with Crippen molar-refractivity contribution in [2.75, 3.05) is 31.8 Å². The molecule has 0 saturated carbocycles. The quantitative estimate of drug-likeness (QED) is 0.344. The average molecular weight is 557 g/mol. The van der Waals surface area contributed by atoms with Crippen molar-refractivity contribution in [2.24, 2.45) is 5.73 Å². The zero-order valence-electron chi connectivity index (χ0n) is 22.5. The second-order valence-electron chi connectivity index (χ2n) is 9.66. The van der Waals surface area contributed by atoms with Crippen LogP contribution in [-0.2, 0) is 19.1 Å². The number of esters is 1. The number of likely N-dealkylation sites (N-methyl/N-ethyl adjacent to an activating group) is 1. The van der Waals surface area contributed by atoms with E-state index in [0.29, 0.717) is 28.5 Å². The van der Waals surface area contributed by atoms with Crippen LogP contribution in [0.1, 0.15) is 23.0 Å². The number of carbonyl (C=O) groups excluding carboxylic acids is 3. The molecule has 2 atom stereocenters. The molecule has 3 aromatic rings. The summed E-state index contributed by atoms with van der Waals surface area (Å²) in [5.41, 5.74) is 5.67. The van der Waals surface area contributed by atoms with Crippen LogP contribution in [0.15, 0.2) is 66.9 Å². The van der Waals surface area contributed by atoms with Gasteiger partial charge in [-0.1, -0.05) is 24.1 Å². The number of ether oxygens (including phenoxy) is 4. The van der Waals surface area contributed by atoms with E-state index in [9.17, 15) is 14.4 Å². The Balaban J connectivity index is 1.28. The Morgan fingerprint density at radius 1 is 1.15 bits per heavy atom. The molecule has 2 aliphatic rings. The Bertz CT molecular complexity index is 1530. The third kappa shape index (κ3) is 6.30. The van der Waals surface area contributed by atoms with Gasteiger partial charge in [0.25, 0.3) is 11.8 Å². The van der Waals surface area contributed by atoms with Crippen LogP contribution in [-0.4, -0.2) is 67.3 Å². The largest absolute Gasteiger partial charge is 0.489 e. The molecule has 1 saturated heterocycles. The predicted octanol–water partition coefficient (Wildman–Crippen LogP) is 2.04. The molecule has 5 rings (SSSR count). The van der Waals surface area contributed by atoms with Crippen molar-refractivity contribution in [3.05, 3.63) is 78.1 Å². The molecule has 1 fully saturated rings. The summed E-state index contributed by atoms with van der Waals surface area (Å²) >= 11 is 0. The van der Waals surface area contributed by atoms with E-state index in [0.717, 1.165) is 0 Å². The van der Waals surface area contributed by atoms with Gasteiger partial charge in [0, 0.05) is 24.9 Å². The van der Waals surface area contributed by atoms with Gasteiger partial charge in [0.15, 0.2) is 0 Å². The number of aromatic nitrogens is 1. The highest BCUT2D eigenvalue weighted by Gasteiger charge is 2.42. The van der Waals surface area contributed by atoms with Crippen molar-refractivity contribution >= 4 is 23.5 Å². The highest BCUT2D eigenvalue weighted by atomic mass is 16.6. The first-order valence-electron chi connectivity index (χ1n) is 12.9. The molecular formula is C30H28N4O7. The number of carbonyl (C=O) groups is 3. The third-order valence-corrected chi connectivity index (χ3v) is 6.38. The van der Waals surface area contributed by atoms with Crippen LogP contribution < -0.4 is 25.4 Å². The molecule has 1 aromatic heterocycles. The van der Waals surface area contributed by atoms with E-state index >= 15 is 0 Å². The van der Waals surface area contributed by atoms with Crippen molar-refractivity contribution in [3.8, 4) is 29.1 Å². The Hall–Kier alpha value is -4.92. The Kier molecular flexibility index (Phi) is 7.87. The maximum Gasteiger partial charge on any atom is 0.324 e. The van der Waals surface area contributed by atoms with Crippen LogP contribution in [0.4, 0.5) is 5.69 Å². The highest BCUT2D eigenvalue weighted by Crippen LogP contribution is 2.32. The summed E-state index contributed by atoms with van der Waals surface area (Å²) in [6, 6.07) is 15.6. The summed E-state index contributed by atoms with van der Waals surface area (Å²) in [6.07, 6.45) is 1.46. The number of fused-ring (bicyclic) bond motifs is 1. The molecule has 1 unspecified atom stereocenters. The minimum absolute atomic E-state index is 0.0825. The first kappa shape index (κ1) is 27.6. The molecule has 0 bridgehead atoms. The van der Waals surface area contributed by atoms with Gasteiger partial charge < -0.3 is 34.9 Å². The molecule has 0 radical (unpaired) electrons. The molecule has 2 amide bonds. The van der Waals surface area contributed by atoms with Gasteiger partial charge >= 0.3 is 5.97 Å². The van der Waals surface area contributed by atoms with Gasteiger partial charge in [-0.3, -0.25) is 19.4 Å². The summed E-state index contributed by atoms with van der Waals surface area (Å²) in [6.45, 7) is 1.73. The van der Waals surface area contributed by atoms with Crippen molar-refractivity contribution in [1.29, 1.82) is 0 Å². The van der Waals surface area contributed by atoms with E-state index in [1.165, 1.54) is 24.1 Å². The van der Waals surface area contributed by atoms with Gasteiger partial charge in [-0.15, -0.1) is 0 Å². The van der Waals surface area contributed by atoms with Crippen LogP contribution in [0.3, 0.4) is 0 Å². The molecule has 210 valence electrons. The molecule has 11 heteroatoms. The van der Waals surface area contributed by atoms with Crippen LogP contribution in [0, 0.1) is 11.8 Å². The maximum atomic E-state index is 13.3. The summed E-state index contributed by atoms with van der Waals surface area (Å²) in [5.74, 6) is 5.95. The molecule has 11 nitrogen and oxygen atoms in total. The van der Waals surface area contributed by atoms with E-state index < -0.39 is 29.6 Å². The van der Waals surface area contributed by atoms with Gasteiger partial charge in [-0.05, 0) is 49.2 Å². The minimum Gasteiger partial charge on any atom is -0.489 e. The van der Waals surface area contributed by atoms with Crippen LogP contribution in [0.2, 0.25) is 0 Å². The number of hydrogen-bond donors (Lipinski definition) is 2. The van der Waals surface area contributed by atoms with Crippen LogP contribution >= 0.6 is 0 Å². The molecule has 2 aromatic carbocycles. The Labute approximate surface area is 236 Å². The third-order valence-electron chi connectivity index (χ3n) is 6.38. The molecule has 0 spiro atoms. The van der Waals surface area contributed by atoms with Crippen molar-refractivity contribution in [3.63, 3.8) is 0 Å². The topological polar surface area (TPSA) is 142 Å². The Morgan fingerprint density at radius 3 is 2.63 bits per heavy atom. The minimum atomic E-state index is -1.07. The monoisotopic (exact) mass is 556 g/mol. The zero-order chi connectivity index (χ0) is 29.0. The number of rotatable bonds is 6. The van der Waals surface area contributed by atoms with Gasteiger partial charge in [0.1, 0.15) is 54.8 Å². The van der Waals surface area contributed by atoms with E-state index in [1.54, 1.807) is 43.4 Å². The fraction of sp³-hybridized carbons (Fsp3) is 0.267. The summed E-state index contributed by atoms with van der Waals surface area (Å²) in [7, 11) is 1.59. The van der Waals surface area contributed by atoms with E-state index in [-0.39, 0.29) is 31.4 Å². The van der Waals surface area contributed by atoms with Crippen LogP contribution in [0.25, 0.3) is 0 Å².